The van der Waals surface area contributed by atoms with Gasteiger partial charge in [-0.1, -0.05) is 25.1 Å². The van der Waals surface area contributed by atoms with Gasteiger partial charge in [-0.15, -0.1) is 0 Å². The van der Waals surface area contributed by atoms with Crippen LogP contribution in [0.3, 0.4) is 0 Å². The van der Waals surface area contributed by atoms with Crippen LogP contribution in [0.5, 0.6) is 0 Å². The highest BCUT2D eigenvalue weighted by Crippen LogP contribution is 2.30. The number of benzene rings is 1. The molecule has 76 valence electrons. The number of para-hydroxylation sites is 1. The lowest BCUT2D eigenvalue weighted by Gasteiger charge is -2.26. The zero-order valence-electron chi connectivity index (χ0n) is 8.72. The minimum atomic E-state index is 0.687. The van der Waals surface area contributed by atoms with Crippen molar-refractivity contribution in [3.8, 4) is 0 Å². The number of fused-ring (bicyclic) bond motifs is 1. The zero-order valence-corrected chi connectivity index (χ0v) is 8.72. The van der Waals surface area contributed by atoms with E-state index in [1.807, 2.05) is 0 Å². The molecule has 1 atom stereocenters. The number of likely N-dealkylation sites (N-methyl/N-ethyl adjacent to an activating group) is 1. The molecular weight excluding hydrogens is 172 g/mol. The molecule has 1 aliphatic heterocycles. The molecule has 1 aromatic rings. The summed E-state index contributed by atoms with van der Waals surface area (Å²) in [6, 6.07) is 8.64. The van der Waals surface area contributed by atoms with Gasteiger partial charge in [-0.2, -0.15) is 0 Å². The van der Waals surface area contributed by atoms with Crippen molar-refractivity contribution in [2.45, 2.75) is 19.3 Å². The molecule has 2 rings (SSSR count). The summed E-state index contributed by atoms with van der Waals surface area (Å²) in [5.41, 5.74) is 2.79. The zero-order chi connectivity index (χ0) is 9.80. The Labute approximate surface area is 85.7 Å². The molecule has 0 saturated heterocycles. The van der Waals surface area contributed by atoms with Gasteiger partial charge in [0.1, 0.15) is 0 Å². The molecule has 0 bridgehead atoms. The van der Waals surface area contributed by atoms with Crippen LogP contribution in [0.1, 0.15) is 24.8 Å². The largest absolute Gasteiger partial charge is 0.385 e. The molecule has 2 nitrogen and oxygen atoms in total. The Kier molecular flexibility index (Phi) is 3.04. The van der Waals surface area contributed by atoms with Crippen molar-refractivity contribution in [3.63, 3.8) is 0 Å². The third-order valence-corrected chi connectivity index (χ3v) is 2.85. The summed E-state index contributed by atoms with van der Waals surface area (Å²) < 4.78 is 0. The first kappa shape index (κ1) is 9.53. The van der Waals surface area contributed by atoms with Crippen molar-refractivity contribution in [1.82, 2.24) is 5.32 Å². The van der Waals surface area contributed by atoms with Crippen molar-refractivity contribution >= 4 is 5.69 Å². The number of hydrogen-bond donors (Lipinski definition) is 2. The summed E-state index contributed by atoms with van der Waals surface area (Å²) >= 11 is 0. The lowest BCUT2D eigenvalue weighted by molar-refractivity contribution is 0.563. The molecule has 0 spiro atoms. The van der Waals surface area contributed by atoms with E-state index < -0.39 is 0 Å². The van der Waals surface area contributed by atoms with Crippen molar-refractivity contribution in [1.29, 1.82) is 0 Å². The molecule has 0 aliphatic carbocycles. The second-order valence-corrected chi connectivity index (χ2v) is 3.81. The Hall–Kier alpha value is -1.02. The summed E-state index contributed by atoms with van der Waals surface area (Å²) in [5.74, 6) is 0.687. The van der Waals surface area contributed by atoms with E-state index in [0.717, 1.165) is 19.6 Å². The molecule has 2 N–H and O–H groups in total. The minimum absolute atomic E-state index is 0.687. The van der Waals surface area contributed by atoms with Gasteiger partial charge in [0, 0.05) is 24.7 Å². The molecular formula is C12H18N2. The van der Waals surface area contributed by atoms with Crippen LogP contribution in [0.15, 0.2) is 24.3 Å². The molecule has 2 heteroatoms. The van der Waals surface area contributed by atoms with Crippen LogP contribution in [-0.2, 0) is 0 Å². The third kappa shape index (κ3) is 1.90. The lowest BCUT2D eigenvalue weighted by Crippen LogP contribution is -2.26. The first-order valence-corrected chi connectivity index (χ1v) is 5.45. The SMILES string of the molecule is CCNCC1CCNc2ccccc21. The lowest BCUT2D eigenvalue weighted by atomic mass is 9.91. The fourth-order valence-electron chi connectivity index (χ4n) is 2.08. The second-order valence-electron chi connectivity index (χ2n) is 3.81. The predicted molar refractivity (Wildman–Crippen MR) is 60.8 cm³/mol. The monoisotopic (exact) mass is 190 g/mol. The van der Waals surface area contributed by atoms with Gasteiger partial charge in [0.15, 0.2) is 0 Å². The Morgan fingerprint density at radius 1 is 1.43 bits per heavy atom. The van der Waals surface area contributed by atoms with Crippen LogP contribution >= 0.6 is 0 Å². The van der Waals surface area contributed by atoms with Crippen molar-refractivity contribution in [2.75, 3.05) is 25.0 Å². The van der Waals surface area contributed by atoms with Gasteiger partial charge in [0.25, 0.3) is 0 Å². The Bertz CT molecular complexity index is 296. The smallest absolute Gasteiger partial charge is 0.0376 e. The van der Waals surface area contributed by atoms with E-state index in [4.69, 9.17) is 0 Å². The highest BCUT2D eigenvalue weighted by Gasteiger charge is 2.18. The summed E-state index contributed by atoms with van der Waals surface area (Å²) in [7, 11) is 0. The standard InChI is InChI=1S/C12H18N2/c1-2-13-9-10-7-8-14-12-6-4-3-5-11(10)12/h3-6,10,13-14H,2,7-9H2,1H3. The Balaban J connectivity index is 2.14. The normalized spacial score (nSPS) is 19.9. The molecule has 1 aliphatic rings. The van der Waals surface area contributed by atoms with Crippen molar-refractivity contribution < 1.29 is 0 Å². The van der Waals surface area contributed by atoms with Crippen LogP contribution in [0.25, 0.3) is 0 Å². The average molecular weight is 190 g/mol. The first-order valence-electron chi connectivity index (χ1n) is 5.45. The number of nitrogens with one attached hydrogen (secondary N) is 2. The summed E-state index contributed by atoms with van der Waals surface area (Å²) in [6.07, 6.45) is 1.24. The van der Waals surface area contributed by atoms with E-state index in [1.54, 1.807) is 0 Å². The van der Waals surface area contributed by atoms with Gasteiger partial charge < -0.3 is 10.6 Å². The van der Waals surface area contributed by atoms with Crippen LogP contribution in [0, 0.1) is 0 Å². The van der Waals surface area contributed by atoms with Gasteiger partial charge in [-0.25, -0.2) is 0 Å². The third-order valence-electron chi connectivity index (χ3n) is 2.85. The van der Waals surface area contributed by atoms with Crippen LogP contribution in [-0.4, -0.2) is 19.6 Å². The van der Waals surface area contributed by atoms with Crippen LogP contribution in [0.4, 0.5) is 5.69 Å². The van der Waals surface area contributed by atoms with E-state index in [2.05, 4.69) is 41.8 Å². The van der Waals surface area contributed by atoms with Crippen LogP contribution in [0.2, 0.25) is 0 Å². The maximum atomic E-state index is 3.44. The summed E-state index contributed by atoms with van der Waals surface area (Å²) in [5, 5.41) is 6.87. The van der Waals surface area contributed by atoms with Gasteiger partial charge in [0.05, 0.1) is 0 Å². The first-order chi connectivity index (χ1) is 6.92. The molecule has 0 aromatic heterocycles. The topological polar surface area (TPSA) is 24.1 Å². The van der Waals surface area contributed by atoms with E-state index in [9.17, 15) is 0 Å². The van der Waals surface area contributed by atoms with Gasteiger partial charge in [0.2, 0.25) is 0 Å². The summed E-state index contributed by atoms with van der Waals surface area (Å²) in [4.78, 5) is 0. The fourth-order valence-corrected chi connectivity index (χ4v) is 2.08. The molecule has 0 amide bonds. The second kappa shape index (κ2) is 4.47. The highest BCUT2D eigenvalue weighted by atomic mass is 14.9. The number of anilines is 1. The van der Waals surface area contributed by atoms with E-state index in [1.165, 1.54) is 17.7 Å². The maximum absolute atomic E-state index is 3.44. The fraction of sp³-hybridized carbons (Fsp3) is 0.500. The quantitative estimate of drug-likeness (QED) is 0.763. The maximum Gasteiger partial charge on any atom is 0.0376 e. The Morgan fingerprint density at radius 3 is 3.14 bits per heavy atom. The van der Waals surface area contributed by atoms with Gasteiger partial charge in [-0.3, -0.25) is 0 Å². The van der Waals surface area contributed by atoms with Crippen molar-refractivity contribution in [2.24, 2.45) is 0 Å². The molecule has 1 aromatic carbocycles. The molecule has 0 saturated carbocycles. The van der Waals surface area contributed by atoms with E-state index >= 15 is 0 Å². The van der Waals surface area contributed by atoms with Gasteiger partial charge in [-0.05, 0) is 24.6 Å². The van der Waals surface area contributed by atoms with Crippen LogP contribution < -0.4 is 10.6 Å². The molecule has 0 radical (unpaired) electrons. The molecule has 1 unspecified atom stereocenters. The molecule has 0 fully saturated rings. The number of hydrogen-bond acceptors (Lipinski definition) is 2. The Morgan fingerprint density at radius 2 is 2.29 bits per heavy atom. The molecule has 1 heterocycles. The summed E-state index contributed by atoms with van der Waals surface area (Å²) in [6.45, 7) is 5.43. The van der Waals surface area contributed by atoms with E-state index in [-0.39, 0.29) is 0 Å². The minimum Gasteiger partial charge on any atom is -0.385 e. The van der Waals surface area contributed by atoms with Gasteiger partial charge >= 0.3 is 0 Å². The number of rotatable bonds is 3. The molecule has 14 heavy (non-hydrogen) atoms. The average Bonchev–Trinajstić information content (AvgIpc) is 2.26. The van der Waals surface area contributed by atoms with Crippen molar-refractivity contribution in [3.05, 3.63) is 29.8 Å². The predicted octanol–water partition coefficient (Wildman–Crippen LogP) is 2.20. The highest BCUT2D eigenvalue weighted by molar-refractivity contribution is 5.54. The van der Waals surface area contributed by atoms with E-state index in [0.29, 0.717) is 5.92 Å².